The van der Waals surface area contributed by atoms with Gasteiger partial charge in [0.25, 0.3) is 5.91 Å². The third kappa shape index (κ3) is 4.81. The van der Waals surface area contributed by atoms with Crippen molar-refractivity contribution < 1.29 is 4.79 Å². The minimum absolute atomic E-state index is 0.0314. The number of carbonyl (C=O) groups excluding carboxylic acids is 1. The molecule has 1 rings (SSSR count). The number of rotatable bonds is 7. The van der Waals surface area contributed by atoms with Crippen molar-refractivity contribution >= 4 is 34.1 Å². The summed E-state index contributed by atoms with van der Waals surface area (Å²) in [6, 6.07) is 0. The van der Waals surface area contributed by atoms with Crippen LogP contribution in [0.3, 0.4) is 0 Å². The Morgan fingerprint density at radius 3 is 2.78 bits per heavy atom. The van der Waals surface area contributed by atoms with Gasteiger partial charge in [0.1, 0.15) is 0 Å². The van der Waals surface area contributed by atoms with Crippen LogP contribution in [0.25, 0.3) is 0 Å². The van der Waals surface area contributed by atoms with E-state index >= 15 is 0 Å². The number of carbonyl (C=O) groups is 1. The van der Waals surface area contributed by atoms with Gasteiger partial charge in [0.05, 0.1) is 0 Å². The van der Waals surface area contributed by atoms with Gasteiger partial charge in [0.2, 0.25) is 10.1 Å². The van der Waals surface area contributed by atoms with Gasteiger partial charge in [0.15, 0.2) is 0 Å². The molecule has 102 valence electrons. The molecule has 0 spiro atoms. The topological polar surface area (TPSA) is 66.9 Å². The second-order valence-corrected chi connectivity index (χ2v) is 6.98. The molecule has 0 atom stereocenters. The molecule has 0 bridgehead atoms. The van der Waals surface area contributed by atoms with Crippen LogP contribution in [0.1, 0.15) is 37.0 Å². The number of hydrogen-bond donors (Lipinski definition) is 2. The summed E-state index contributed by atoms with van der Waals surface area (Å²) in [5, 5.41) is 14.9. The van der Waals surface area contributed by atoms with E-state index in [1.54, 1.807) is 11.8 Å². The fraction of sp³-hybridized carbons (Fsp3) is 0.727. The van der Waals surface area contributed by atoms with Gasteiger partial charge >= 0.3 is 0 Å². The van der Waals surface area contributed by atoms with Crippen LogP contribution < -0.4 is 10.6 Å². The zero-order valence-electron chi connectivity index (χ0n) is 11.2. The van der Waals surface area contributed by atoms with E-state index in [0.717, 1.165) is 13.0 Å². The van der Waals surface area contributed by atoms with Crippen LogP contribution in [0.2, 0.25) is 0 Å². The summed E-state index contributed by atoms with van der Waals surface area (Å²) >= 11 is 3.01. The normalized spacial score (nSPS) is 11.3. The molecule has 1 heterocycles. The third-order valence-electron chi connectivity index (χ3n) is 2.37. The first-order valence-corrected chi connectivity index (χ1v) is 7.93. The predicted molar refractivity (Wildman–Crippen MR) is 78.6 cm³/mol. The number of amides is 1. The molecule has 5 nitrogen and oxygen atoms in total. The lowest BCUT2D eigenvalue weighted by atomic mass is 10.2. The molecule has 0 aliphatic heterocycles. The maximum Gasteiger partial charge on any atom is 0.282 e. The van der Waals surface area contributed by atoms with E-state index in [2.05, 4.69) is 41.6 Å². The predicted octanol–water partition coefficient (Wildman–Crippen LogP) is 2.23. The van der Waals surface area contributed by atoms with Gasteiger partial charge in [-0.15, -0.1) is 10.2 Å². The molecular formula is C11H20N4OS2. The van der Waals surface area contributed by atoms with E-state index in [4.69, 9.17) is 0 Å². The summed E-state index contributed by atoms with van der Waals surface area (Å²) in [6.45, 7) is 7.71. The summed E-state index contributed by atoms with van der Waals surface area (Å²) in [4.78, 5) is 11.9. The maximum atomic E-state index is 11.9. The Labute approximate surface area is 116 Å². The standard InChI is InChI=1S/C11H20N4OS2/c1-5-6-12-10-15-14-9(18-10)8(16)13-7-11(2,3)17-4/h5-7H2,1-4H3,(H,12,15)(H,13,16). The van der Waals surface area contributed by atoms with Crippen molar-refractivity contribution in [3.05, 3.63) is 5.01 Å². The first-order valence-electron chi connectivity index (χ1n) is 5.89. The third-order valence-corrected chi connectivity index (χ3v) is 4.50. The molecule has 0 saturated carbocycles. The number of thioether (sulfide) groups is 1. The highest BCUT2D eigenvalue weighted by molar-refractivity contribution is 7.99. The second-order valence-electron chi connectivity index (χ2n) is 4.49. The molecule has 1 aromatic rings. The zero-order valence-corrected chi connectivity index (χ0v) is 12.9. The first kappa shape index (κ1) is 15.2. The molecule has 0 unspecified atom stereocenters. The minimum Gasteiger partial charge on any atom is -0.360 e. The molecule has 0 aliphatic rings. The van der Waals surface area contributed by atoms with Crippen LogP contribution in [0.5, 0.6) is 0 Å². The molecule has 0 aromatic carbocycles. The van der Waals surface area contributed by atoms with E-state index < -0.39 is 0 Å². The Hall–Kier alpha value is -0.820. The van der Waals surface area contributed by atoms with Gasteiger partial charge < -0.3 is 10.6 Å². The minimum atomic E-state index is -0.154. The van der Waals surface area contributed by atoms with E-state index in [0.29, 0.717) is 16.7 Å². The first-order chi connectivity index (χ1) is 8.48. The lowest BCUT2D eigenvalue weighted by molar-refractivity contribution is 0.0949. The summed E-state index contributed by atoms with van der Waals surface area (Å²) < 4.78 is 0.0314. The SMILES string of the molecule is CCCNc1nnc(C(=O)NCC(C)(C)SC)s1. The summed E-state index contributed by atoms with van der Waals surface area (Å²) in [6.07, 6.45) is 3.05. The fourth-order valence-electron chi connectivity index (χ4n) is 1.06. The summed E-state index contributed by atoms with van der Waals surface area (Å²) in [5.41, 5.74) is 0. The Morgan fingerprint density at radius 1 is 1.44 bits per heavy atom. The van der Waals surface area contributed by atoms with Crippen LogP contribution in [0, 0.1) is 0 Å². The van der Waals surface area contributed by atoms with Crippen molar-refractivity contribution in [3.63, 3.8) is 0 Å². The summed E-state index contributed by atoms with van der Waals surface area (Å²) in [7, 11) is 0. The Kier molecular flexibility index (Phi) is 5.87. The quantitative estimate of drug-likeness (QED) is 0.805. The van der Waals surface area contributed by atoms with Crippen LogP contribution in [0.4, 0.5) is 5.13 Å². The van der Waals surface area contributed by atoms with Crippen molar-refractivity contribution in [2.45, 2.75) is 31.9 Å². The van der Waals surface area contributed by atoms with Crippen LogP contribution in [0.15, 0.2) is 0 Å². The van der Waals surface area contributed by atoms with E-state index in [1.807, 2.05) is 6.26 Å². The van der Waals surface area contributed by atoms with Gasteiger partial charge in [-0.1, -0.05) is 18.3 Å². The average Bonchev–Trinajstić information content (AvgIpc) is 2.82. The molecule has 2 N–H and O–H groups in total. The lowest BCUT2D eigenvalue weighted by Crippen LogP contribution is -2.36. The monoisotopic (exact) mass is 288 g/mol. The number of anilines is 1. The highest BCUT2D eigenvalue weighted by Crippen LogP contribution is 2.20. The van der Waals surface area contributed by atoms with Gasteiger partial charge in [-0.05, 0) is 26.5 Å². The molecule has 7 heteroatoms. The summed E-state index contributed by atoms with van der Waals surface area (Å²) in [5.74, 6) is -0.154. The van der Waals surface area contributed by atoms with E-state index in [-0.39, 0.29) is 10.7 Å². The number of hydrogen-bond acceptors (Lipinski definition) is 6. The molecule has 0 saturated heterocycles. The highest BCUT2D eigenvalue weighted by atomic mass is 32.2. The van der Waals surface area contributed by atoms with E-state index in [1.165, 1.54) is 11.3 Å². The Bertz CT molecular complexity index is 392. The molecule has 1 amide bonds. The van der Waals surface area contributed by atoms with Crippen molar-refractivity contribution in [3.8, 4) is 0 Å². The zero-order chi connectivity index (χ0) is 13.6. The Balaban J connectivity index is 2.49. The maximum absolute atomic E-state index is 11.9. The van der Waals surface area contributed by atoms with Crippen LogP contribution >= 0.6 is 23.1 Å². The number of aromatic nitrogens is 2. The van der Waals surface area contributed by atoms with Gasteiger partial charge in [-0.2, -0.15) is 11.8 Å². The van der Waals surface area contributed by atoms with Crippen molar-refractivity contribution in [2.24, 2.45) is 0 Å². The molecule has 0 aliphatic carbocycles. The molecule has 18 heavy (non-hydrogen) atoms. The van der Waals surface area contributed by atoms with Crippen molar-refractivity contribution in [1.82, 2.24) is 15.5 Å². The van der Waals surface area contributed by atoms with Gasteiger partial charge in [-0.3, -0.25) is 4.79 Å². The smallest absolute Gasteiger partial charge is 0.282 e. The van der Waals surface area contributed by atoms with Crippen molar-refractivity contribution in [1.29, 1.82) is 0 Å². The van der Waals surface area contributed by atoms with E-state index in [9.17, 15) is 4.79 Å². The number of nitrogens with zero attached hydrogens (tertiary/aromatic N) is 2. The Morgan fingerprint density at radius 2 is 2.17 bits per heavy atom. The van der Waals surface area contributed by atoms with Gasteiger partial charge in [-0.25, -0.2) is 0 Å². The van der Waals surface area contributed by atoms with Gasteiger partial charge in [0, 0.05) is 17.8 Å². The molecule has 0 fully saturated rings. The van der Waals surface area contributed by atoms with Crippen LogP contribution in [-0.4, -0.2) is 40.2 Å². The second kappa shape index (κ2) is 6.94. The number of nitrogens with one attached hydrogen (secondary N) is 2. The molecular weight excluding hydrogens is 268 g/mol. The highest BCUT2D eigenvalue weighted by Gasteiger charge is 2.19. The van der Waals surface area contributed by atoms with Crippen LogP contribution in [-0.2, 0) is 0 Å². The molecule has 1 aromatic heterocycles. The van der Waals surface area contributed by atoms with Crippen molar-refractivity contribution in [2.75, 3.05) is 24.7 Å². The fourth-order valence-corrected chi connectivity index (χ4v) is 1.96. The largest absolute Gasteiger partial charge is 0.360 e. The lowest BCUT2D eigenvalue weighted by Gasteiger charge is -2.21. The molecule has 0 radical (unpaired) electrons. The average molecular weight is 288 g/mol.